The van der Waals surface area contributed by atoms with Crippen LogP contribution >= 0.6 is 23.2 Å². The van der Waals surface area contributed by atoms with Crippen molar-refractivity contribution in [2.45, 2.75) is 63.0 Å². The van der Waals surface area contributed by atoms with Gasteiger partial charge < -0.3 is 19.7 Å². The molecule has 0 amide bonds. The number of nitrogens with zero attached hydrogens (tertiary/aromatic N) is 2. The number of carboxylic acid groups (broad SMARTS) is 1. The first-order chi connectivity index (χ1) is 39.0. The van der Waals surface area contributed by atoms with Gasteiger partial charge in [0, 0.05) is 57.7 Å². The number of alkyl halides is 6. The van der Waals surface area contributed by atoms with Gasteiger partial charge in [-0.2, -0.15) is 26.3 Å². The fourth-order valence-electron chi connectivity index (χ4n) is 9.65. The van der Waals surface area contributed by atoms with Gasteiger partial charge in [-0.3, -0.25) is 14.6 Å². The van der Waals surface area contributed by atoms with Crippen molar-refractivity contribution < 1.29 is 50.8 Å². The summed E-state index contributed by atoms with van der Waals surface area (Å²) in [5.41, 5.74) is 5.29. The van der Waals surface area contributed by atoms with Gasteiger partial charge in [0.15, 0.2) is 0 Å². The van der Waals surface area contributed by atoms with Gasteiger partial charge in [0.25, 0.3) is 0 Å². The predicted molar refractivity (Wildman–Crippen MR) is 308 cm³/mol. The quantitative estimate of drug-likeness (QED) is 0.0413. The summed E-state index contributed by atoms with van der Waals surface area (Å²) in [6, 6.07) is 63.0. The minimum Gasteiger partial charge on any atom is -0.494 e. The summed E-state index contributed by atoms with van der Waals surface area (Å²) in [4.78, 5) is 15.3. The largest absolute Gasteiger partial charge is 0.494 e. The fraction of sp³-hybridized carbons (Fsp3) is 0.258. The van der Waals surface area contributed by atoms with Gasteiger partial charge in [0.2, 0.25) is 0 Å². The molecule has 0 aliphatic heterocycles. The molecule has 81 heavy (non-hydrogen) atoms. The van der Waals surface area contributed by atoms with Crippen LogP contribution in [0, 0.1) is 0 Å². The first-order valence-corrected chi connectivity index (χ1v) is 27.4. The van der Waals surface area contributed by atoms with Crippen molar-refractivity contribution in [3.63, 3.8) is 0 Å². The van der Waals surface area contributed by atoms with Crippen LogP contribution in [0.3, 0.4) is 0 Å². The van der Waals surface area contributed by atoms with Crippen LogP contribution in [0.4, 0.5) is 26.3 Å². The molecule has 0 saturated heterocycles. The molecule has 0 bridgehead atoms. The van der Waals surface area contributed by atoms with E-state index in [2.05, 4.69) is 58.3 Å². The van der Waals surface area contributed by atoms with Gasteiger partial charge in [0.1, 0.15) is 11.5 Å². The van der Waals surface area contributed by atoms with E-state index in [1.807, 2.05) is 97.1 Å². The monoisotopic (exact) mass is 1150 g/mol. The summed E-state index contributed by atoms with van der Waals surface area (Å²) < 4.78 is 93.3. The van der Waals surface area contributed by atoms with E-state index < -0.39 is 29.4 Å². The van der Waals surface area contributed by atoms with Crippen molar-refractivity contribution in [3.05, 3.63) is 272 Å². The topological polar surface area (TPSA) is 82.5 Å². The second-order valence-electron chi connectivity index (χ2n) is 19.5. The number of benzene rings is 8. The van der Waals surface area contributed by atoms with E-state index in [0.29, 0.717) is 81.1 Å². The highest BCUT2D eigenvalue weighted by molar-refractivity contribution is 6.32. The van der Waals surface area contributed by atoms with Crippen molar-refractivity contribution in [1.29, 1.82) is 0 Å². The highest BCUT2D eigenvalue weighted by Gasteiger charge is 2.35. The molecule has 0 unspecified atom stereocenters. The fourth-order valence-corrected chi connectivity index (χ4v) is 10.2. The van der Waals surface area contributed by atoms with E-state index in [9.17, 15) is 36.2 Å². The van der Waals surface area contributed by atoms with E-state index in [-0.39, 0.29) is 48.0 Å². The Morgan fingerprint density at radius 2 is 0.840 bits per heavy atom. The summed E-state index contributed by atoms with van der Waals surface area (Å²) in [5.74, 6) is 0.378. The Morgan fingerprint density at radius 1 is 0.481 bits per heavy atom. The molecule has 424 valence electrons. The average Bonchev–Trinajstić information content (AvgIpc) is 3.53. The lowest BCUT2D eigenvalue weighted by Gasteiger charge is -2.29. The predicted octanol–water partition coefficient (Wildman–Crippen LogP) is 16.1. The smallest absolute Gasteiger partial charge is 0.417 e. The SMILES string of the molecule is O=C(O)Cc1cccc(OCCCN(Cc2cccc(C(F)(F)F)c2Cl)CC(c2ccccc2)c2ccccc2)c1.OCCc1cccc(OCCCN(Cc2cccc(C(F)(F)F)c2Cl)CC(c2ccccc2)c2ccccc2)c1. The molecule has 0 fully saturated rings. The number of aliphatic hydroxyl groups is 1. The van der Waals surface area contributed by atoms with Gasteiger partial charge in [-0.15, -0.1) is 0 Å². The minimum atomic E-state index is -4.54. The number of hydrogen-bond donors (Lipinski definition) is 2. The molecule has 0 aliphatic carbocycles. The van der Waals surface area contributed by atoms with E-state index in [1.165, 1.54) is 12.1 Å². The van der Waals surface area contributed by atoms with Gasteiger partial charge >= 0.3 is 18.3 Å². The summed E-state index contributed by atoms with van der Waals surface area (Å²) in [5, 5.41) is 17.7. The number of carboxylic acids is 1. The standard InChI is InChI=1S/C33H31ClF3NO3.C33H33ClF3NO2/c34-32-27(15-8-17-30(32)33(35,36)37)22-38(18-9-19-41-28-16-7-10-24(20-28)21-31(39)40)23-29(25-11-3-1-4-12-25)26-13-5-2-6-14-26;34-32-28(15-8-17-31(32)33(35,36)37)23-38(19-9-21-40-29-16-7-10-25(22-29)18-20-39)24-30(26-11-3-1-4-12-26)27-13-5-2-6-14-27/h1-8,10-17,20,29H,9,18-19,21-23H2,(H,39,40);1-8,10-17,22,30,39H,9,18-21,23-24H2. The van der Waals surface area contributed by atoms with Crippen molar-refractivity contribution >= 4 is 29.2 Å². The van der Waals surface area contributed by atoms with Crippen LogP contribution in [0.25, 0.3) is 0 Å². The van der Waals surface area contributed by atoms with Crippen molar-refractivity contribution in [3.8, 4) is 11.5 Å². The zero-order valence-corrected chi connectivity index (χ0v) is 46.0. The summed E-state index contributed by atoms with van der Waals surface area (Å²) in [6.45, 7) is 3.64. The Balaban J connectivity index is 0.000000234. The van der Waals surface area contributed by atoms with Crippen LogP contribution < -0.4 is 9.47 Å². The molecule has 8 aromatic carbocycles. The molecule has 0 aromatic heterocycles. The average molecular weight is 1150 g/mol. The van der Waals surface area contributed by atoms with Crippen LogP contribution in [-0.4, -0.2) is 72.0 Å². The van der Waals surface area contributed by atoms with E-state index >= 15 is 0 Å². The molecule has 8 rings (SSSR count). The molecule has 0 saturated carbocycles. The molecule has 15 heteroatoms. The van der Waals surface area contributed by atoms with Gasteiger partial charge in [-0.1, -0.05) is 193 Å². The third-order valence-electron chi connectivity index (χ3n) is 13.6. The van der Waals surface area contributed by atoms with Gasteiger partial charge in [-0.05, 0) is 100 Å². The molecule has 0 radical (unpaired) electrons. The normalized spacial score (nSPS) is 11.7. The molecule has 0 aliphatic rings. The Bertz CT molecular complexity index is 3090. The molecule has 8 aromatic rings. The Morgan fingerprint density at radius 3 is 1.20 bits per heavy atom. The van der Waals surface area contributed by atoms with Crippen LogP contribution in [0.5, 0.6) is 11.5 Å². The zero-order valence-electron chi connectivity index (χ0n) is 44.5. The maximum absolute atomic E-state index is 13.6. The maximum Gasteiger partial charge on any atom is 0.417 e. The molecule has 0 atom stereocenters. The van der Waals surface area contributed by atoms with Crippen LogP contribution in [-0.2, 0) is 43.1 Å². The second kappa shape index (κ2) is 30.6. The Labute approximate surface area is 480 Å². The van der Waals surface area contributed by atoms with E-state index in [0.717, 1.165) is 45.7 Å². The van der Waals surface area contributed by atoms with Crippen molar-refractivity contribution in [2.75, 3.05) is 46.0 Å². The number of ether oxygens (including phenoxy) is 2. The lowest BCUT2D eigenvalue weighted by Crippen LogP contribution is -2.31. The Hall–Kier alpha value is -7.13. The minimum absolute atomic E-state index is 0.0167. The van der Waals surface area contributed by atoms with Gasteiger partial charge in [-0.25, -0.2) is 0 Å². The number of rotatable bonds is 26. The number of aliphatic hydroxyl groups excluding tert-OH is 1. The number of carbonyl (C=O) groups is 1. The summed E-state index contributed by atoms with van der Waals surface area (Å²) in [7, 11) is 0. The van der Waals surface area contributed by atoms with E-state index in [1.54, 1.807) is 36.4 Å². The van der Waals surface area contributed by atoms with Crippen molar-refractivity contribution in [1.82, 2.24) is 9.80 Å². The lowest BCUT2D eigenvalue weighted by atomic mass is 9.90. The summed E-state index contributed by atoms with van der Waals surface area (Å²) >= 11 is 12.6. The van der Waals surface area contributed by atoms with Crippen LogP contribution in [0.2, 0.25) is 10.0 Å². The van der Waals surface area contributed by atoms with Gasteiger partial charge in [0.05, 0.1) is 40.8 Å². The maximum atomic E-state index is 13.6. The number of aliphatic carboxylic acids is 1. The van der Waals surface area contributed by atoms with Crippen LogP contribution in [0.15, 0.2) is 206 Å². The second-order valence-corrected chi connectivity index (χ2v) is 20.3. The first kappa shape index (κ1) is 61.5. The molecule has 2 N–H and O–H groups in total. The third kappa shape index (κ3) is 19.3. The third-order valence-corrected chi connectivity index (χ3v) is 14.5. The molecule has 7 nitrogen and oxygen atoms in total. The molecular formula is C66H64Cl2F6N2O5. The molecular weight excluding hydrogens is 1090 g/mol. The van der Waals surface area contributed by atoms with Crippen molar-refractivity contribution in [2.24, 2.45) is 0 Å². The lowest BCUT2D eigenvalue weighted by molar-refractivity contribution is -0.138. The first-order valence-electron chi connectivity index (χ1n) is 26.7. The summed E-state index contributed by atoms with van der Waals surface area (Å²) in [6.07, 6.45) is -7.34. The van der Waals surface area contributed by atoms with E-state index in [4.69, 9.17) is 37.8 Å². The Kier molecular flexibility index (Phi) is 23.2. The number of halogens is 8. The highest BCUT2D eigenvalue weighted by Crippen LogP contribution is 2.39. The molecule has 0 spiro atoms. The zero-order chi connectivity index (χ0) is 57.6. The number of hydrogen-bond acceptors (Lipinski definition) is 6. The highest BCUT2D eigenvalue weighted by atomic mass is 35.5. The van der Waals surface area contributed by atoms with Crippen LogP contribution in [0.1, 0.15) is 80.3 Å². The molecule has 0 heterocycles.